The second-order valence-electron chi connectivity index (χ2n) is 5.06. The van der Waals surface area contributed by atoms with Crippen molar-refractivity contribution < 1.29 is 14.7 Å². The number of aliphatic carboxylic acids is 1. The smallest absolute Gasteiger partial charge is 0.326 e. The summed E-state index contributed by atoms with van der Waals surface area (Å²) in [5.41, 5.74) is 5.17. The number of carbonyl (C=O) groups excluding carboxylic acids is 1. The lowest BCUT2D eigenvalue weighted by Gasteiger charge is -2.40. The monoisotopic (exact) mass is 226 g/mol. The van der Waals surface area contributed by atoms with Gasteiger partial charge >= 0.3 is 5.97 Å². The highest BCUT2D eigenvalue weighted by molar-refractivity contribution is 5.91. The summed E-state index contributed by atoms with van der Waals surface area (Å²) in [5, 5.41) is 9.12. The van der Waals surface area contributed by atoms with E-state index in [1.807, 2.05) is 6.92 Å². The molecule has 90 valence electrons. The van der Waals surface area contributed by atoms with Crippen LogP contribution in [0.15, 0.2) is 0 Å². The molecule has 0 bridgehead atoms. The zero-order valence-corrected chi connectivity index (χ0v) is 9.48. The summed E-state index contributed by atoms with van der Waals surface area (Å²) in [4.78, 5) is 24.7. The highest BCUT2D eigenvalue weighted by Crippen LogP contribution is 2.34. The molecule has 2 unspecified atom stereocenters. The van der Waals surface area contributed by atoms with E-state index in [0.29, 0.717) is 19.4 Å². The standard InChI is InChI=1S/C11H18N2O3/c1-7-3-6-13(8(7)9(14)15)10(16)11(12)4-2-5-11/h7-8H,2-6,12H2,1H3,(H,14,15). The second kappa shape index (κ2) is 3.73. The molecule has 5 nitrogen and oxygen atoms in total. The van der Waals surface area contributed by atoms with E-state index < -0.39 is 17.6 Å². The third-order valence-electron chi connectivity index (χ3n) is 3.89. The van der Waals surface area contributed by atoms with Crippen LogP contribution < -0.4 is 5.73 Å². The van der Waals surface area contributed by atoms with Crippen LogP contribution in [0.1, 0.15) is 32.6 Å². The molecule has 0 aromatic heterocycles. The van der Waals surface area contributed by atoms with Crippen molar-refractivity contribution in [2.75, 3.05) is 6.54 Å². The fourth-order valence-corrected chi connectivity index (χ4v) is 2.61. The summed E-state index contributed by atoms with van der Waals surface area (Å²) in [7, 11) is 0. The first kappa shape index (κ1) is 11.4. The van der Waals surface area contributed by atoms with Crippen LogP contribution in [0.5, 0.6) is 0 Å². The highest BCUT2D eigenvalue weighted by Gasteiger charge is 2.48. The highest BCUT2D eigenvalue weighted by atomic mass is 16.4. The Morgan fingerprint density at radius 3 is 2.50 bits per heavy atom. The van der Waals surface area contributed by atoms with Gasteiger partial charge in [0.2, 0.25) is 5.91 Å². The molecule has 16 heavy (non-hydrogen) atoms. The van der Waals surface area contributed by atoms with Gasteiger partial charge in [-0.05, 0) is 31.6 Å². The van der Waals surface area contributed by atoms with Gasteiger partial charge in [0.05, 0.1) is 5.54 Å². The molecule has 1 aliphatic carbocycles. The lowest BCUT2D eigenvalue weighted by atomic mass is 9.76. The molecule has 2 rings (SSSR count). The van der Waals surface area contributed by atoms with Crippen molar-refractivity contribution in [1.82, 2.24) is 4.90 Å². The zero-order valence-electron chi connectivity index (χ0n) is 9.48. The van der Waals surface area contributed by atoms with Crippen LogP contribution in [-0.4, -0.2) is 40.0 Å². The Balaban J connectivity index is 2.14. The number of carbonyl (C=O) groups is 2. The van der Waals surface area contributed by atoms with E-state index >= 15 is 0 Å². The number of hydrogen-bond acceptors (Lipinski definition) is 3. The Morgan fingerprint density at radius 2 is 2.06 bits per heavy atom. The van der Waals surface area contributed by atoms with Crippen LogP contribution in [-0.2, 0) is 9.59 Å². The van der Waals surface area contributed by atoms with Gasteiger partial charge in [-0.15, -0.1) is 0 Å². The van der Waals surface area contributed by atoms with Crippen molar-refractivity contribution in [3.8, 4) is 0 Å². The van der Waals surface area contributed by atoms with Crippen LogP contribution >= 0.6 is 0 Å². The van der Waals surface area contributed by atoms with Crippen molar-refractivity contribution >= 4 is 11.9 Å². The molecule has 2 atom stereocenters. The molecule has 2 fully saturated rings. The maximum absolute atomic E-state index is 12.1. The molecule has 0 radical (unpaired) electrons. The number of amides is 1. The van der Waals surface area contributed by atoms with Crippen molar-refractivity contribution in [3.63, 3.8) is 0 Å². The van der Waals surface area contributed by atoms with E-state index in [9.17, 15) is 9.59 Å². The number of rotatable bonds is 2. The van der Waals surface area contributed by atoms with Gasteiger partial charge < -0.3 is 15.7 Å². The average Bonchev–Trinajstić information content (AvgIpc) is 2.55. The van der Waals surface area contributed by atoms with Gasteiger partial charge in [-0.25, -0.2) is 4.79 Å². The van der Waals surface area contributed by atoms with E-state index in [2.05, 4.69) is 0 Å². The molecular formula is C11H18N2O3. The van der Waals surface area contributed by atoms with Crippen molar-refractivity contribution in [2.24, 2.45) is 11.7 Å². The molecule has 5 heteroatoms. The SMILES string of the molecule is CC1CCN(C(=O)C2(N)CCC2)C1C(=O)O. The molecule has 2 aliphatic rings. The summed E-state index contributed by atoms with van der Waals surface area (Å²) >= 11 is 0. The van der Waals surface area contributed by atoms with E-state index in [0.717, 1.165) is 12.8 Å². The first-order chi connectivity index (χ1) is 7.46. The molecule has 0 spiro atoms. The summed E-state index contributed by atoms with van der Waals surface area (Å²) < 4.78 is 0. The minimum atomic E-state index is -0.915. The molecule has 1 aliphatic heterocycles. The topological polar surface area (TPSA) is 83.6 Å². The Morgan fingerprint density at radius 1 is 1.44 bits per heavy atom. The summed E-state index contributed by atoms with van der Waals surface area (Å²) in [6, 6.07) is -0.687. The largest absolute Gasteiger partial charge is 0.480 e. The van der Waals surface area contributed by atoms with Crippen LogP contribution in [0, 0.1) is 5.92 Å². The van der Waals surface area contributed by atoms with Gasteiger partial charge in [-0.2, -0.15) is 0 Å². The molecule has 1 saturated carbocycles. The lowest BCUT2D eigenvalue weighted by molar-refractivity contribution is -0.153. The molecule has 0 aromatic rings. The Labute approximate surface area is 94.6 Å². The fourth-order valence-electron chi connectivity index (χ4n) is 2.61. The summed E-state index contributed by atoms with van der Waals surface area (Å²) in [5.74, 6) is -1.07. The first-order valence-corrected chi connectivity index (χ1v) is 5.78. The quantitative estimate of drug-likeness (QED) is 0.704. The molecule has 1 saturated heterocycles. The number of nitrogens with two attached hydrogens (primary N) is 1. The van der Waals surface area contributed by atoms with Crippen molar-refractivity contribution in [1.29, 1.82) is 0 Å². The maximum atomic E-state index is 12.1. The van der Waals surface area contributed by atoms with Crippen molar-refractivity contribution in [2.45, 2.75) is 44.2 Å². The van der Waals surface area contributed by atoms with E-state index in [1.165, 1.54) is 4.90 Å². The predicted molar refractivity (Wildman–Crippen MR) is 57.7 cm³/mol. The lowest BCUT2D eigenvalue weighted by Crippen LogP contribution is -2.61. The predicted octanol–water partition coefficient (Wildman–Crippen LogP) is 0.189. The molecule has 3 N–H and O–H groups in total. The Hall–Kier alpha value is -1.10. The number of carboxylic acid groups (broad SMARTS) is 1. The third kappa shape index (κ3) is 1.59. The number of nitrogens with zero attached hydrogens (tertiary/aromatic N) is 1. The van der Waals surface area contributed by atoms with Gasteiger partial charge in [-0.3, -0.25) is 4.79 Å². The van der Waals surface area contributed by atoms with Gasteiger partial charge in [0.25, 0.3) is 0 Å². The fraction of sp³-hybridized carbons (Fsp3) is 0.818. The molecular weight excluding hydrogens is 208 g/mol. The molecule has 1 heterocycles. The Bertz CT molecular complexity index is 325. The molecule has 0 aromatic carbocycles. The van der Waals surface area contributed by atoms with Gasteiger partial charge in [0.15, 0.2) is 0 Å². The van der Waals surface area contributed by atoms with Gasteiger partial charge in [0, 0.05) is 6.54 Å². The average molecular weight is 226 g/mol. The van der Waals surface area contributed by atoms with Crippen LogP contribution in [0.3, 0.4) is 0 Å². The molecule has 1 amide bonds. The van der Waals surface area contributed by atoms with E-state index in [1.54, 1.807) is 0 Å². The summed E-state index contributed by atoms with van der Waals surface area (Å²) in [6.45, 7) is 2.39. The zero-order chi connectivity index (χ0) is 11.9. The minimum absolute atomic E-state index is 0.0186. The third-order valence-corrected chi connectivity index (χ3v) is 3.89. The van der Waals surface area contributed by atoms with Gasteiger partial charge in [0.1, 0.15) is 6.04 Å². The van der Waals surface area contributed by atoms with Crippen molar-refractivity contribution in [3.05, 3.63) is 0 Å². The minimum Gasteiger partial charge on any atom is -0.480 e. The first-order valence-electron chi connectivity index (χ1n) is 5.78. The van der Waals surface area contributed by atoms with Crippen LogP contribution in [0.2, 0.25) is 0 Å². The number of carboxylic acids is 1. The maximum Gasteiger partial charge on any atom is 0.326 e. The summed E-state index contributed by atoms with van der Waals surface area (Å²) in [6.07, 6.45) is 3.08. The number of hydrogen-bond donors (Lipinski definition) is 2. The normalized spacial score (nSPS) is 32.2. The van der Waals surface area contributed by atoms with Gasteiger partial charge in [-0.1, -0.05) is 6.92 Å². The van der Waals surface area contributed by atoms with E-state index in [-0.39, 0.29) is 11.8 Å². The second-order valence-corrected chi connectivity index (χ2v) is 5.06. The van der Waals surface area contributed by atoms with Crippen LogP contribution in [0.4, 0.5) is 0 Å². The van der Waals surface area contributed by atoms with Crippen LogP contribution in [0.25, 0.3) is 0 Å². The Kier molecular flexibility index (Phi) is 2.66. The number of likely N-dealkylation sites (tertiary alicyclic amines) is 1. The van der Waals surface area contributed by atoms with E-state index in [4.69, 9.17) is 10.8 Å².